The lowest BCUT2D eigenvalue weighted by molar-refractivity contribution is -0.131. The van der Waals surface area contributed by atoms with Crippen LogP contribution in [0.25, 0.3) is 0 Å². The Labute approximate surface area is 72.4 Å². The molecule has 70 valence electrons. The predicted octanol–water partition coefficient (Wildman–Crippen LogP) is 0.205. The summed E-state index contributed by atoms with van der Waals surface area (Å²) in [4.78, 5) is 12.0. The zero-order valence-corrected chi connectivity index (χ0v) is 7.49. The fourth-order valence-corrected chi connectivity index (χ4v) is 0.672. The van der Waals surface area contributed by atoms with Gasteiger partial charge in [-0.2, -0.15) is 0 Å². The highest BCUT2D eigenvalue weighted by Crippen LogP contribution is 1.83. The summed E-state index contributed by atoms with van der Waals surface area (Å²) in [5, 5.41) is 8.27. The highest BCUT2D eigenvalue weighted by Gasteiger charge is 1.93. The molecule has 0 saturated carbocycles. The minimum Gasteiger partial charge on any atom is -0.478 e. The van der Waals surface area contributed by atoms with E-state index in [9.17, 15) is 4.79 Å². The predicted molar refractivity (Wildman–Crippen MR) is 46.1 cm³/mol. The lowest BCUT2D eigenvalue weighted by Crippen LogP contribution is -2.22. The summed E-state index contributed by atoms with van der Waals surface area (Å²) < 4.78 is 4.86. The smallest absolute Gasteiger partial charge is 0.328 e. The quantitative estimate of drug-likeness (QED) is 0.583. The van der Waals surface area contributed by atoms with Gasteiger partial charge in [0.05, 0.1) is 6.61 Å². The number of ether oxygens (including phenoxy) is 1. The van der Waals surface area contributed by atoms with E-state index in [1.165, 1.54) is 0 Å². The van der Waals surface area contributed by atoms with Gasteiger partial charge in [0.1, 0.15) is 0 Å². The fourth-order valence-electron chi connectivity index (χ4n) is 0.672. The first-order valence-electron chi connectivity index (χ1n) is 3.73. The monoisotopic (exact) mass is 173 g/mol. The van der Waals surface area contributed by atoms with Gasteiger partial charge >= 0.3 is 5.97 Å². The van der Waals surface area contributed by atoms with Gasteiger partial charge in [-0.25, -0.2) is 4.79 Å². The van der Waals surface area contributed by atoms with Gasteiger partial charge in [0.25, 0.3) is 0 Å². The Morgan fingerprint density at radius 2 is 2.33 bits per heavy atom. The number of hydrogen-bond donors (Lipinski definition) is 1. The first kappa shape index (κ1) is 11.1. The van der Waals surface area contributed by atoms with E-state index >= 15 is 0 Å². The first-order valence-corrected chi connectivity index (χ1v) is 3.73. The zero-order chi connectivity index (χ0) is 9.40. The molecule has 0 heterocycles. The molecule has 12 heavy (non-hydrogen) atoms. The van der Waals surface area contributed by atoms with Crippen molar-refractivity contribution < 1.29 is 14.6 Å². The van der Waals surface area contributed by atoms with E-state index in [4.69, 9.17) is 9.84 Å². The maximum absolute atomic E-state index is 10.1. The normalized spacial score (nSPS) is 11.2. The minimum atomic E-state index is -0.907. The average molecular weight is 173 g/mol. The number of carbonyl (C=O) groups is 1. The van der Waals surface area contributed by atoms with Crippen molar-refractivity contribution in [1.29, 1.82) is 0 Å². The maximum Gasteiger partial charge on any atom is 0.328 e. The van der Waals surface area contributed by atoms with Gasteiger partial charge in [-0.3, -0.25) is 0 Å². The number of methoxy groups -OCH3 is 1. The lowest BCUT2D eigenvalue weighted by Gasteiger charge is -2.12. The Hall–Kier alpha value is -0.870. The molecule has 0 amide bonds. The molecule has 1 N–H and O–H groups in total. The number of likely N-dealkylation sites (N-methyl/N-ethyl adjacent to an activating group) is 1. The van der Waals surface area contributed by atoms with Crippen molar-refractivity contribution in [3.8, 4) is 0 Å². The van der Waals surface area contributed by atoms with Crippen LogP contribution in [0.15, 0.2) is 12.2 Å². The van der Waals surface area contributed by atoms with Gasteiger partial charge in [0, 0.05) is 26.3 Å². The highest BCUT2D eigenvalue weighted by atomic mass is 16.5. The molecule has 0 rings (SSSR count). The molecule has 0 bridgehead atoms. The van der Waals surface area contributed by atoms with Gasteiger partial charge < -0.3 is 14.7 Å². The van der Waals surface area contributed by atoms with Gasteiger partial charge in [-0.05, 0) is 7.05 Å². The molecular weight excluding hydrogens is 158 g/mol. The largest absolute Gasteiger partial charge is 0.478 e. The van der Waals surface area contributed by atoms with E-state index in [1.54, 1.807) is 13.2 Å². The molecule has 0 aromatic carbocycles. The van der Waals surface area contributed by atoms with Gasteiger partial charge in [0.2, 0.25) is 0 Å². The second-order valence-electron chi connectivity index (χ2n) is 2.50. The number of nitrogens with zero attached hydrogens (tertiary/aromatic N) is 1. The number of rotatable bonds is 6. The number of carboxylic acids is 1. The summed E-state index contributed by atoms with van der Waals surface area (Å²) >= 11 is 0. The van der Waals surface area contributed by atoms with Crippen LogP contribution in [0.4, 0.5) is 0 Å². The van der Waals surface area contributed by atoms with E-state index in [0.717, 1.165) is 12.6 Å². The molecule has 0 radical (unpaired) electrons. The van der Waals surface area contributed by atoms with Gasteiger partial charge in [-0.1, -0.05) is 6.08 Å². The van der Waals surface area contributed by atoms with Crippen LogP contribution in [0.3, 0.4) is 0 Å². The summed E-state index contributed by atoms with van der Waals surface area (Å²) in [6.45, 7) is 2.10. The van der Waals surface area contributed by atoms with Crippen molar-refractivity contribution in [2.45, 2.75) is 0 Å². The molecule has 0 unspecified atom stereocenters. The van der Waals surface area contributed by atoms with Crippen molar-refractivity contribution in [3.63, 3.8) is 0 Å². The second-order valence-corrected chi connectivity index (χ2v) is 2.50. The van der Waals surface area contributed by atoms with Crippen LogP contribution in [0, 0.1) is 0 Å². The summed E-state index contributed by atoms with van der Waals surface area (Å²) in [7, 11) is 3.55. The Kier molecular flexibility index (Phi) is 6.32. The number of aliphatic carboxylic acids is 1. The number of hydrogen-bond acceptors (Lipinski definition) is 3. The van der Waals surface area contributed by atoms with Gasteiger partial charge in [-0.15, -0.1) is 0 Å². The molecule has 4 nitrogen and oxygen atoms in total. The highest BCUT2D eigenvalue weighted by molar-refractivity contribution is 5.79. The van der Waals surface area contributed by atoms with E-state index in [-0.39, 0.29) is 0 Å². The van der Waals surface area contributed by atoms with Crippen LogP contribution in [-0.2, 0) is 9.53 Å². The van der Waals surface area contributed by atoms with E-state index in [2.05, 4.69) is 0 Å². The van der Waals surface area contributed by atoms with Crippen LogP contribution in [0.2, 0.25) is 0 Å². The average Bonchev–Trinajstić information content (AvgIpc) is 2.00. The molecule has 0 aliphatic heterocycles. The Bertz CT molecular complexity index is 156. The van der Waals surface area contributed by atoms with Crippen molar-refractivity contribution in [2.24, 2.45) is 0 Å². The van der Waals surface area contributed by atoms with Crippen molar-refractivity contribution in [1.82, 2.24) is 4.90 Å². The second kappa shape index (κ2) is 6.82. The molecule has 0 fully saturated rings. The third-order valence-corrected chi connectivity index (χ3v) is 1.35. The SMILES string of the molecule is COCCN(C)C/C=C/C(=O)O. The molecule has 0 aromatic rings. The Morgan fingerprint density at radius 3 is 2.83 bits per heavy atom. The minimum absolute atomic E-state index is 0.635. The van der Waals surface area contributed by atoms with Crippen LogP contribution >= 0.6 is 0 Å². The fraction of sp³-hybridized carbons (Fsp3) is 0.625. The topological polar surface area (TPSA) is 49.8 Å². The summed E-state index contributed by atoms with van der Waals surface area (Å²) in [5.74, 6) is -0.907. The first-order chi connectivity index (χ1) is 5.66. The van der Waals surface area contributed by atoms with Crippen LogP contribution < -0.4 is 0 Å². The molecule has 4 heteroatoms. The van der Waals surface area contributed by atoms with Crippen molar-refractivity contribution in [2.75, 3.05) is 33.9 Å². The molecule has 0 aromatic heterocycles. The molecule has 0 atom stereocenters. The van der Waals surface area contributed by atoms with E-state index in [0.29, 0.717) is 13.2 Å². The molecule has 0 aliphatic carbocycles. The molecule has 0 spiro atoms. The standard InChI is InChI=1S/C8H15NO3/c1-9(6-7-12-2)5-3-4-8(10)11/h3-4H,5-7H2,1-2H3,(H,10,11)/b4-3+. The van der Waals surface area contributed by atoms with Crippen molar-refractivity contribution >= 4 is 5.97 Å². The third-order valence-electron chi connectivity index (χ3n) is 1.35. The van der Waals surface area contributed by atoms with Crippen LogP contribution in [0.5, 0.6) is 0 Å². The molecule has 0 aliphatic rings. The van der Waals surface area contributed by atoms with E-state index in [1.807, 2.05) is 11.9 Å². The van der Waals surface area contributed by atoms with Crippen molar-refractivity contribution in [3.05, 3.63) is 12.2 Å². The zero-order valence-electron chi connectivity index (χ0n) is 7.49. The Balaban J connectivity index is 3.42. The van der Waals surface area contributed by atoms with Crippen LogP contribution in [-0.4, -0.2) is 49.8 Å². The third kappa shape index (κ3) is 7.24. The summed E-state index contributed by atoms with van der Waals surface area (Å²) in [5.41, 5.74) is 0. The lowest BCUT2D eigenvalue weighted by atomic mass is 10.4. The Morgan fingerprint density at radius 1 is 1.67 bits per heavy atom. The van der Waals surface area contributed by atoms with Gasteiger partial charge in [0.15, 0.2) is 0 Å². The summed E-state index contributed by atoms with van der Waals surface area (Å²) in [6, 6.07) is 0. The summed E-state index contributed by atoms with van der Waals surface area (Å²) in [6.07, 6.45) is 2.75. The van der Waals surface area contributed by atoms with Crippen LogP contribution in [0.1, 0.15) is 0 Å². The molecule has 0 saturated heterocycles. The maximum atomic E-state index is 10.1. The molecular formula is C8H15NO3. The van der Waals surface area contributed by atoms with E-state index < -0.39 is 5.97 Å². The number of carboxylic acid groups (broad SMARTS) is 1.